The summed E-state index contributed by atoms with van der Waals surface area (Å²) in [7, 11) is 0. The number of carbonyl (C=O) groups is 2. The fraction of sp³-hybridized carbons (Fsp3) is 0.154. The molecule has 4 aromatic rings. The summed E-state index contributed by atoms with van der Waals surface area (Å²) < 4.78 is 5.10. The maximum Gasteiger partial charge on any atom is 0.338 e. The first-order valence-electron chi connectivity index (χ1n) is 10.8. The highest BCUT2D eigenvalue weighted by Gasteiger charge is 2.20. The Bertz CT molecular complexity index is 1340. The van der Waals surface area contributed by atoms with Gasteiger partial charge >= 0.3 is 5.97 Å². The van der Waals surface area contributed by atoms with Gasteiger partial charge in [-0.05, 0) is 42.3 Å². The van der Waals surface area contributed by atoms with Gasteiger partial charge in [-0.1, -0.05) is 36.4 Å². The minimum Gasteiger partial charge on any atom is -0.462 e. The normalized spacial score (nSPS) is 12.7. The van der Waals surface area contributed by atoms with Gasteiger partial charge in [0, 0.05) is 30.4 Å². The molecule has 0 saturated heterocycles. The van der Waals surface area contributed by atoms with E-state index in [-0.39, 0.29) is 11.9 Å². The number of fused-ring (bicyclic) bond motifs is 1. The van der Waals surface area contributed by atoms with E-state index in [0.29, 0.717) is 30.1 Å². The van der Waals surface area contributed by atoms with Gasteiger partial charge in [-0.2, -0.15) is 0 Å². The molecule has 1 amide bonds. The molecule has 0 radical (unpaired) electrons. The van der Waals surface area contributed by atoms with E-state index in [9.17, 15) is 9.59 Å². The van der Waals surface area contributed by atoms with Crippen molar-refractivity contribution < 1.29 is 14.3 Å². The minimum atomic E-state index is -0.329. The summed E-state index contributed by atoms with van der Waals surface area (Å²) in [5.74, 6) is 0.205. The number of hydrogen-bond donors (Lipinski definition) is 2. The third-order valence-corrected chi connectivity index (χ3v) is 5.59. The second kappa shape index (κ2) is 8.70. The largest absolute Gasteiger partial charge is 0.462 e. The Morgan fingerprint density at radius 3 is 2.64 bits per heavy atom. The monoisotopic (exact) mass is 438 g/mol. The van der Waals surface area contributed by atoms with Crippen LogP contribution in [0.15, 0.2) is 66.9 Å². The van der Waals surface area contributed by atoms with Crippen LogP contribution in [0.25, 0.3) is 33.9 Å². The third-order valence-electron chi connectivity index (χ3n) is 5.59. The number of nitrogens with one attached hydrogen (secondary N) is 2. The van der Waals surface area contributed by atoms with E-state index in [1.807, 2.05) is 54.6 Å². The first-order chi connectivity index (χ1) is 16.1. The topological polar surface area (TPSA) is 97.0 Å². The number of hydrogen-bond acceptors (Lipinski definition) is 5. The van der Waals surface area contributed by atoms with Crippen molar-refractivity contribution in [1.82, 2.24) is 20.3 Å². The zero-order valence-electron chi connectivity index (χ0n) is 18.1. The van der Waals surface area contributed by atoms with Gasteiger partial charge in [0.15, 0.2) is 5.82 Å². The van der Waals surface area contributed by atoms with Crippen molar-refractivity contribution in [3.8, 4) is 33.9 Å². The molecule has 7 nitrogen and oxygen atoms in total. The third kappa shape index (κ3) is 4.13. The molecule has 2 aromatic heterocycles. The zero-order valence-corrected chi connectivity index (χ0v) is 18.1. The number of ether oxygens (including phenoxy) is 1. The summed E-state index contributed by atoms with van der Waals surface area (Å²) in [5, 5.41) is 2.86. The van der Waals surface area contributed by atoms with Crippen LogP contribution in [-0.2, 0) is 11.2 Å². The zero-order chi connectivity index (χ0) is 22.8. The highest BCUT2D eigenvalue weighted by atomic mass is 16.5. The number of esters is 1. The number of amides is 1. The van der Waals surface area contributed by atoms with E-state index in [1.165, 1.54) is 0 Å². The Kier molecular flexibility index (Phi) is 5.44. The van der Waals surface area contributed by atoms with Crippen molar-refractivity contribution in [3.05, 3.63) is 83.7 Å². The van der Waals surface area contributed by atoms with E-state index in [2.05, 4.69) is 15.3 Å². The highest BCUT2D eigenvalue weighted by Crippen LogP contribution is 2.27. The molecule has 0 atom stereocenters. The maximum atomic E-state index is 12.1. The molecule has 0 saturated carbocycles. The van der Waals surface area contributed by atoms with Crippen molar-refractivity contribution >= 4 is 11.9 Å². The molecule has 1 aliphatic heterocycles. The van der Waals surface area contributed by atoms with Crippen LogP contribution < -0.4 is 5.32 Å². The van der Waals surface area contributed by atoms with E-state index >= 15 is 0 Å². The Morgan fingerprint density at radius 2 is 1.85 bits per heavy atom. The summed E-state index contributed by atoms with van der Waals surface area (Å²) >= 11 is 0. The van der Waals surface area contributed by atoms with Gasteiger partial charge in [-0.25, -0.2) is 14.8 Å². The summed E-state index contributed by atoms with van der Waals surface area (Å²) in [6, 6.07) is 18.9. The van der Waals surface area contributed by atoms with Crippen LogP contribution in [-0.4, -0.2) is 40.0 Å². The average molecular weight is 438 g/mol. The first-order valence-corrected chi connectivity index (χ1v) is 10.8. The van der Waals surface area contributed by atoms with Crippen molar-refractivity contribution in [1.29, 1.82) is 0 Å². The number of nitrogens with zero attached hydrogens (tertiary/aromatic N) is 2. The average Bonchev–Trinajstić information content (AvgIpc) is 3.31. The Labute approximate surface area is 190 Å². The van der Waals surface area contributed by atoms with Gasteiger partial charge < -0.3 is 15.0 Å². The molecule has 0 spiro atoms. The van der Waals surface area contributed by atoms with E-state index in [0.717, 1.165) is 40.2 Å². The quantitative estimate of drug-likeness (QED) is 0.454. The molecular formula is C26H22N4O3. The summed E-state index contributed by atoms with van der Waals surface area (Å²) in [6.07, 6.45) is 2.49. The summed E-state index contributed by atoms with van der Waals surface area (Å²) in [5.41, 5.74) is 6.43. The lowest BCUT2D eigenvalue weighted by atomic mass is 10.0. The molecular weight excluding hydrogens is 416 g/mol. The molecule has 2 N–H and O–H groups in total. The maximum absolute atomic E-state index is 12.1. The Hall–Kier alpha value is -4.26. The number of H-pyrrole nitrogens is 1. The van der Waals surface area contributed by atoms with Crippen LogP contribution in [0.2, 0.25) is 0 Å². The predicted molar refractivity (Wildman–Crippen MR) is 125 cm³/mol. The number of aromatic amines is 1. The van der Waals surface area contributed by atoms with Crippen molar-refractivity contribution in [2.24, 2.45) is 0 Å². The van der Waals surface area contributed by atoms with Crippen LogP contribution in [0.1, 0.15) is 33.3 Å². The number of carbonyl (C=O) groups excluding carboxylic acids is 2. The lowest BCUT2D eigenvalue weighted by Gasteiger charge is -2.10. The number of rotatable bonds is 5. The SMILES string of the molecule is CCOC(=O)c1cccc(-c2ccc(-c3nccc(-c4cc5c([nH]4)CCNC5=O)n3)cc2)c1. The molecule has 164 valence electrons. The van der Waals surface area contributed by atoms with Gasteiger partial charge in [0.1, 0.15) is 0 Å². The second-order valence-electron chi connectivity index (χ2n) is 7.73. The van der Waals surface area contributed by atoms with Crippen molar-refractivity contribution in [2.75, 3.05) is 13.2 Å². The molecule has 0 unspecified atom stereocenters. The molecule has 0 aliphatic carbocycles. The van der Waals surface area contributed by atoms with Crippen LogP contribution >= 0.6 is 0 Å². The van der Waals surface area contributed by atoms with Gasteiger partial charge in [-0.3, -0.25) is 4.79 Å². The smallest absolute Gasteiger partial charge is 0.338 e. The number of benzene rings is 2. The summed E-state index contributed by atoms with van der Waals surface area (Å²) in [6.45, 7) is 2.77. The predicted octanol–water partition coefficient (Wildman–Crippen LogP) is 4.27. The van der Waals surface area contributed by atoms with Crippen LogP contribution in [0, 0.1) is 0 Å². The summed E-state index contributed by atoms with van der Waals surface area (Å²) in [4.78, 5) is 36.6. The lowest BCUT2D eigenvalue weighted by molar-refractivity contribution is 0.0526. The Morgan fingerprint density at radius 1 is 1.03 bits per heavy atom. The van der Waals surface area contributed by atoms with Gasteiger partial charge in [0.2, 0.25) is 0 Å². The van der Waals surface area contributed by atoms with Crippen LogP contribution in [0.4, 0.5) is 0 Å². The molecule has 1 aliphatic rings. The molecule has 0 bridgehead atoms. The van der Waals surface area contributed by atoms with Crippen molar-refractivity contribution in [2.45, 2.75) is 13.3 Å². The number of aromatic nitrogens is 3. The molecule has 0 fully saturated rings. The fourth-order valence-electron chi connectivity index (χ4n) is 3.93. The molecule has 33 heavy (non-hydrogen) atoms. The van der Waals surface area contributed by atoms with Gasteiger partial charge in [0.25, 0.3) is 5.91 Å². The van der Waals surface area contributed by atoms with Crippen LogP contribution in [0.5, 0.6) is 0 Å². The van der Waals surface area contributed by atoms with Crippen molar-refractivity contribution in [3.63, 3.8) is 0 Å². The highest BCUT2D eigenvalue weighted by molar-refractivity contribution is 5.97. The molecule has 2 aromatic carbocycles. The van der Waals surface area contributed by atoms with E-state index in [4.69, 9.17) is 9.72 Å². The van der Waals surface area contributed by atoms with E-state index in [1.54, 1.807) is 19.2 Å². The van der Waals surface area contributed by atoms with Crippen LogP contribution in [0.3, 0.4) is 0 Å². The lowest BCUT2D eigenvalue weighted by Crippen LogP contribution is -2.31. The van der Waals surface area contributed by atoms with Gasteiger partial charge in [-0.15, -0.1) is 0 Å². The first kappa shape index (κ1) is 20.6. The van der Waals surface area contributed by atoms with Gasteiger partial charge in [0.05, 0.1) is 29.1 Å². The standard InChI is InChI=1S/C26H22N4O3/c1-2-33-26(32)19-5-3-4-18(14-19)16-6-8-17(9-7-16)24-27-12-11-22(30-24)23-15-20-21(29-23)10-13-28-25(20)31/h3-9,11-12,14-15,29H,2,10,13H2,1H3,(H,28,31). The molecule has 5 rings (SSSR count). The molecule has 3 heterocycles. The van der Waals surface area contributed by atoms with E-state index < -0.39 is 0 Å². The minimum absolute atomic E-state index is 0.0596. The Balaban J connectivity index is 1.41. The molecule has 7 heteroatoms. The fourth-order valence-corrected chi connectivity index (χ4v) is 3.93. The second-order valence-corrected chi connectivity index (χ2v) is 7.73.